The van der Waals surface area contributed by atoms with Crippen molar-refractivity contribution in [3.8, 4) is 0 Å². The average molecular weight is 326 g/mol. The Morgan fingerprint density at radius 3 is 2.70 bits per heavy atom. The zero-order chi connectivity index (χ0) is 17.2. The molecule has 9 nitrogen and oxygen atoms in total. The Morgan fingerprint density at radius 2 is 2.13 bits per heavy atom. The maximum absolute atomic E-state index is 12.0. The highest BCUT2D eigenvalue weighted by Gasteiger charge is 2.37. The van der Waals surface area contributed by atoms with Crippen molar-refractivity contribution in [2.24, 2.45) is 0 Å². The molecular weight excluding hydrogens is 304 g/mol. The number of aliphatic hydroxyl groups is 1. The summed E-state index contributed by atoms with van der Waals surface area (Å²) in [5.41, 5.74) is 0.373. The Labute approximate surface area is 133 Å². The Balaban J connectivity index is 1.88. The largest absolute Gasteiger partial charge is 0.444 e. The highest BCUT2D eigenvalue weighted by molar-refractivity contribution is 5.89. The molecule has 0 aromatic carbocycles. The second-order valence-electron chi connectivity index (χ2n) is 6.47. The van der Waals surface area contributed by atoms with E-state index in [0.29, 0.717) is 11.4 Å². The number of ether oxygens (including phenoxy) is 1. The Bertz CT molecular complexity index is 580. The van der Waals surface area contributed by atoms with Gasteiger partial charge in [-0.15, -0.1) is 0 Å². The van der Waals surface area contributed by atoms with Gasteiger partial charge in [0.2, 0.25) is 0 Å². The molecule has 2 heterocycles. The first-order valence-electron chi connectivity index (χ1n) is 7.30. The normalized spacial score (nSPS) is 21.2. The molecule has 1 fully saturated rings. The van der Waals surface area contributed by atoms with Crippen LogP contribution in [0.3, 0.4) is 0 Å². The van der Waals surface area contributed by atoms with Crippen LogP contribution in [0.4, 0.5) is 15.3 Å². The lowest BCUT2D eigenvalue weighted by Gasteiger charge is -2.24. The lowest BCUT2D eigenvalue weighted by molar-refractivity contribution is 0.0270. The van der Waals surface area contributed by atoms with Gasteiger partial charge in [0, 0.05) is 6.54 Å². The minimum Gasteiger partial charge on any atom is -0.444 e. The zero-order valence-corrected chi connectivity index (χ0v) is 13.6. The summed E-state index contributed by atoms with van der Waals surface area (Å²) in [4.78, 5) is 25.3. The highest BCUT2D eigenvalue weighted by atomic mass is 16.6. The van der Waals surface area contributed by atoms with Gasteiger partial charge in [-0.2, -0.15) is 0 Å². The van der Waals surface area contributed by atoms with E-state index >= 15 is 0 Å². The standard InChI is InChI=1S/C14H22N4O5/c1-8-10(7-22-17-8)16-12(20)15-9-5-18(6-11(9)19)13(21)23-14(2,3)4/h7,9,11,19H,5-6H2,1-4H3,(H2,15,16,20)/t9-,11+/m1/s1. The molecule has 2 rings (SSSR count). The molecule has 23 heavy (non-hydrogen) atoms. The fraction of sp³-hybridized carbons (Fsp3) is 0.643. The molecule has 0 bridgehead atoms. The second kappa shape index (κ2) is 6.45. The number of anilines is 1. The van der Waals surface area contributed by atoms with E-state index in [4.69, 9.17) is 9.26 Å². The first kappa shape index (κ1) is 17.1. The molecule has 0 aliphatic carbocycles. The molecule has 1 aliphatic rings. The van der Waals surface area contributed by atoms with Crippen LogP contribution in [0.15, 0.2) is 10.8 Å². The van der Waals surface area contributed by atoms with Gasteiger partial charge in [-0.1, -0.05) is 5.16 Å². The minimum atomic E-state index is -0.864. The highest BCUT2D eigenvalue weighted by Crippen LogP contribution is 2.16. The van der Waals surface area contributed by atoms with Gasteiger partial charge in [-0.05, 0) is 27.7 Å². The Hall–Kier alpha value is -2.29. The molecule has 1 aromatic rings. The van der Waals surface area contributed by atoms with Crippen molar-refractivity contribution in [1.82, 2.24) is 15.4 Å². The fourth-order valence-electron chi connectivity index (χ4n) is 2.14. The van der Waals surface area contributed by atoms with Crippen molar-refractivity contribution in [3.05, 3.63) is 12.0 Å². The molecule has 0 spiro atoms. The third kappa shape index (κ3) is 4.59. The van der Waals surface area contributed by atoms with Crippen LogP contribution in [0, 0.1) is 6.92 Å². The summed E-state index contributed by atoms with van der Waals surface area (Å²) in [5, 5.41) is 18.9. The predicted octanol–water partition coefficient (Wildman–Crippen LogP) is 1.08. The lowest BCUT2D eigenvalue weighted by Crippen LogP contribution is -2.45. The number of aryl methyl sites for hydroxylation is 1. The van der Waals surface area contributed by atoms with Gasteiger partial charge in [-0.3, -0.25) is 0 Å². The number of urea groups is 1. The number of hydrogen-bond acceptors (Lipinski definition) is 6. The van der Waals surface area contributed by atoms with E-state index in [0.717, 1.165) is 0 Å². The second-order valence-corrected chi connectivity index (χ2v) is 6.47. The summed E-state index contributed by atoms with van der Waals surface area (Å²) in [6, 6.07) is -1.09. The molecular formula is C14H22N4O5. The molecule has 2 atom stereocenters. The van der Waals surface area contributed by atoms with Crippen molar-refractivity contribution >= 4 is 17.8 Å². The number of amides is 3. The van der Waals surface area contributed by atoms with E-state index in [-0.39, 0.29) is 13.1 Å². The molecule has 9 heteroatoms. The molecule has 1 aromatic heterocycles. The molecule has 128 valence electrons. The molecule has 1 saturated heterocycles. The van der Waals surface area contributed by atoms with Gasteiger partial charge in [0.15, 0.2) is 0 Å². The van der Waals surface area contributed by atoms with E-state index in [1.165, 1.54) is 11.2 Å². The van der Waals surface area contributed by atoms with Crippen molar-refractivity contribution < 1.29 is 24.0 Å². The van der Waals surface area contributed by atoms with Gasteiger partial charge in [0.05, 0.1) is 18.7 Å². The smallest absolute Gasteiger partial charge is 0.410 e. The average Bonchev–Trinajstić information content (AvgIpc) is 2.95. The molecule has 1 aliphatic heterocycles. The monoisotopic (exact) mass is 326 g/mol. The zero-order valence-electron chi connectivity index (χ0n) is 13.6. The van der Waals surface area contributed by atoms with Crippen molar-refractivity contribution in [2.45, 2.75) is 45.4 Å². The first-order chi connectivity index (χ1) is 10.7. The van der Waals surface area contributed by atoms with Crippen molar-refractivity contribution in [3.63, 3.8) is 0 Å². The topological polar surface area (TPSA) is 117 Å². The summed E-state index contributed by atoms with van der Waals surface area (Å²) >= 11 is 0. The van der Waals surface area contributed by atoms with Gasteiger partial charge in [0.25, 0.3) is 0 Å². The van der Waals surface area contributed by atoms with Crippen LogP contribution in [0.1, 0.15) is 26.5 Å². The summed E-state index contributed by atoms with van der Waals surface area (Å²) < 4.78 is 9.97. The maximum atomic E-state index is 12.0. The number of rotatable bonds is 2. The number of aromatic nitrogens is 1. The summed E-state index contributed by atoms with van der Waals surface area (Å²) in [7, 11) is 0. The van der Waals surface area contributed by atoms with Crippen LogP contribution in [0.2, 0.25) is 0 Å². The fourth-order valence-corrected chi connectivity index (χ4v) is 2.14. The summed E-state index contributed by atoms with van der Waals surface area (Å²) in [5.74, 6) is 0. The maximum Gasteiger partial charge on any atom is 0.410 e. The van der Waals surface area contributed by atoms with Crippen LogP contribution < -0.4 is 10.6 Å². The van der Waals surface area contributed by atoms with Crippen molar-refractivity contribution in [1.29, 1.82) is 0 Å². The lowest BCUT2D eigenvalue weighted by atomic mass is 10.2. The Morgan fingerprint density at radius 1 is 1.43 bits per heavy atom. The van der Waals surface area contributed by atoms with E-state index < -0.39 is 29.9 Å². The Kier molecular flexibility index (Phi) is 4.79. The minimum absolute atomic E-state index is 0.103. The molecule has 0 radical (unpaired) electrons. The number of β-amino-alcohol motifs (C(OH)–C–C–N with tert-alkyl or cyclic N) is 1. The van der Waals surface area contributed by atoms with Crippen LogP contribution >= 0.6 is 0 Å². The quantitative estimate of drug-likeness (QED) is 0.749. The van der Waals surface area contributed by atoms with Gasteiger partial charge in [-0.25, -0.2) is 9.59 Å². The number of nitrogens with one attached hydrogen (secondary N) is 2. The predicted molar refractivity (Wildman–Crippen MR) is 81.0 cm³/mol. The summed E-state index contributed by atoms with van der Waals surface area (Å²) in [6.45, 7) is 7.26. The van der Waals surface area contributed by atoms with Crippen LogP contribution in [-0.2, 0) is 4.74 Å². The molecule has 0 unspecified atom stereocenters. The van der Waals surface area contributed by atoms with E-state index in [1.807, 2.05) is 0 Å². The van der Waals surface area contributed by atoms with Crippen LogP contribution in [-0.4, -0.2) is 58.1 Å². The van der Waals surface area contributed by atoms with Gasteiger partial charge < -0.3 is 29.9 Å². The number of hydrogen-bond donors (Lipinski definition) is 3. The molecule has 3 N–H and O–H groups in total. The van der Waals surface area contributed by atoms with Gasteiger partial charge >= 0.3 is 12.1 Å². The van der Waals surface area contributed by atoms with Gasteiger partial charge in [0.1, 0.15) is 23.2 Å². The first-order valence-corrected chi connectivity index (χ1v) is 7.30. The molecule has 0 saturated carbocycles. The number of likely N-dealkylation sites (tertiary alicyclic amines) is 1. The number of aliphatic hydroxyl groups excluding tert-OH is 1. The van der Waals surface area contributed by atoms with Crippen LogP contribution in [0.5, 0.6) is 0 Å². The van der Waals surface area contributed by atoms with E-state index in [2.05, 4.69) is 15.8 Å². The van der Waals surface area contributed by atoms with Crippen LogP contribution in [0.25, 0.3) is 0 Å². The molecule has 3 amide bonds. The van der Waals surface area contributed by atoms with Crippen molar-refractivity contribution in [2.75, 3.05) is 18.4 Å². The third-order valence-corrected chi connectivity index (χ3v) is 3.26. The third-order valence-electron chi connectivity index (χ3n) is 3.26. The number of nitrogens with zero attached hydrogens (tertiary/aromatic N) is 2. The SMILES string of the molecule is Cc1nocc1NC(=O)N[C@@H]1CN(C(=O)OC(C)(C)C)C[C@@H]1O. The number of carbonyl (C=O) groups is 2. The number of carbonyl (C=O) groups excluding carboxylic acids is 2. The van der Waals surface area contributed by atoms with E-state index in [1.54, 1.807) is 27.7 Å². The summed E-state index contributed by atoms with van der Waals surface area (Å²) in [6.07, 6.45) is -0.0690. The van der Waals surface area contributed by atoms with E-state index in [9.17, 15) is 14.7 Å².